The van der Waals surface area contributed by atoms with Gasteiger partial charge >= 0.3 is 6.18 Å². The third kappa shape index (κ3) is 7.33. The van der Waals surface area contributed by atoms with E-state index in [4.69, 9.17) is 0 Å². The molecule has 1 aromatic heterocycles. The van der Waals surface area contributed by atoms with Gasteiger partial charge in [-0.05, 0) is 42.2 Å². The van der Waals surface area contributed by atoms with Crippen LogP contribution in [-0.2, 0) is 34.6 Å². The number of hydrogen-bond acceptors (Lipinski definition) is 3. The minimum absolute atomic E-state index is 0.00396. The molecule has 0 atom stereocenters. The molecule has 0 aliphatic rings. The highest BCUT2D eigenvalue weighted by Crippen LogP contribution is 2.31. The lowest BCUT2D eigenvalue weighted by atomic mass is 10.2. The number of amides is 1. The summed E-state index contributed by atoms with van der Waals surface area (Å²) >= 11 is 0. The molecule has 0 N–H and O–H groups in total. The first kappa shape index (κ1) is 26.9. The number of alkyl halides is 3. The predicted octanol–water partition coefficient (Wildman–Crippen LogP) is 4.38. The molecule has 0 saturated heterocycles. The molecule has 1 aromatic carbocycles. The fourth-order valence-electron chi connectivity index (χ4n) is 3.44. The van der Waals surface area contributed by atoms with Crippen molar-refractivity contribution in [2.45, 2.75) is 45.3 Å². The molecule has 1 heterocycles. The van der Waals surface area contributed by atoms with E-state index in [1.165, 1.54) is 0 Å². The fraction of sp³-hybridized carbons (Fsp3) is 0.522. The molecule has 0 spiro atoms. The number of benzene rings is 1. The second-order valence-corrected chi connectivity index (χ2v) is 10.9. The van der Waals surface area contributed by atoms with Crippen molar-refractivity contribution in [3.05, 3.63) is 53.9 Å². The van der Waals surface area contributed by atoms with Crippen molar-refractivity contribution in [2.75, 3.05) is 19.6 Å². The van der Waals surface area contributed by atoms with Gasteiger partial charge in [-0.25, -0.2) is 8.42 Å². The molecule has 0 aliphatic heterocycles. The average Bonchev–Trinajstić information content (AvgIpc) is 3.10. The molecule has 0 radical (unpaired) electrons. The maximum atomic E-state index is 13.3. The number of hydrogen-bond donors (Lipinski definition) is 0. The highest BCUT2D eigenvalue weighted by molar-refractivity contribution is 7.89. The summed E-state index contributed by atoms with van der Waals surface area (Å²) in [7, 11) is -2.47. The zero-order valence-electron chi connectivity index (χ0n) is 19.6. The van der Waals surface area contributed by atoms with Gasteiger partial charge in [0.25, 0.3) is 0 Å². The first-order valence-electron chi connectivity index (χ1n) is 10.8. The lowest BCUT2D eigenvalue weighted by Gasteiger charge is -2.29. The molecule has 6 nitrogen and oxygen atoms in total. The average molecular weight is 488 g/mol. The van der Waals surface area contributed by atoms with Gasteiger partial charge in [0.15, 0.2) is 0 Å². The van der Waals surface area contributed by atoms with Crippen LogP contribution in [0.25, 0.3) is 0 Å². The van der Waals surface area contributed by atoms with E-state index in [1.807, 2.05) is 43.8 Å². The van der Waals surface area contributed by atoms with E-state index in [2.05, 4.69) is 0 Å². The van der Waals surface area contributed by atoms with Crippen molar-refractivity contribution in [1.29, 1.82) is 0 Å². The summed E-state index contributed by atoms with van der Waals surface area (Å²) in [6.45, 7) is 7.76. The molecule has 2 aromatic rings. The summed E-state index contributed by atoms with van der Waals surface area (Å²) in [6, 6.07) is 7.36. The Morgan fingerprint density at radius 2 is 1.67 bits per heavy atom. The van der Waals surface area contributed by atoms with Crippen molar-refractivity contribution < 1.29 is 26.4 Å². The predicted molar refractivity (Wildman–Crippen MR) is 121 cm³/mol. The molecular formula is C23H32F3N3O3S. The van der Waals surface area contributed by atoms with E-state index in [0.717, 1.165) is 28.2 Å². The van der Waals surface area contributed by atoms with Crippen LogP contribution in [0.5, 0.6) is 0 Å². The van der Waals surface area contributed by atoms with Crippen LogP contribution in [0, 0.1) is 11.8 Å². The van der Waals surface area contributed by atoms with Crippen molar-refractivity contribution in [3.63, 3.8) is 0 Å². The molecule has 0 aliphatic carbocycles. The second-order valence-electron chi connectivity index (χ2n) is 9.00. The molecule has 1 amide bonds. The van der Waals surface area contributed by atoms with E-state index in [0.29, 0.717) is 19.2 Å². The molecule has 0 unspecified atom stereocenters. The standard InChI is InChI=1S/C23H32F3N3O3S/c1-17(2)13-28(15-20-9-7-11-27(20)5)22(30)16-29(14-18(3)4)33(31,32)21-10-6-8-19(12-21)23(24,25)26/h6-12,17-18H,13-16H2,1-5H3. The van der Waals surface area contributed by atoms with Crippen LogP contribution < -0.4 is 0 Å². The lowest BCUT2D eigenvalue weighted by molar-refractivity contribution is -0.137. The summed E-state index contributed by atoms with van der Waals surface area (Å²) < 4.78 is 68.9. The fourth-order valence-corrected chi connectivity index (χ4v) is 5.04. The molecule has 0 saturated carbocycles. The maximum Gasteiger partial charge on any atom is 0.416 e. The molecule has 10 heteroatoms. The SMILES string of the molecule is CC(C)CN(Cc1cccn1C)C(=O)CN(CC(C)C)S(=O)(=O)c1cccc(C(F)(F)F)c1. The minimum atomic E-state index is -4.67. The summed E-state index contributed by atoms with van der Waals surface area (Å²) in [4.78, 5) is 14.4. The van der Waals surface area contributed by atoms with E-state index < -0.39 is 39.1 Å². The van der Waals surface area contributed by atoms with Crippen LogP contribution in [0.4, 0.5) is 13.2 Å². The van der Waals surface area contributed by atoms with Crippen LogP contribution in [0.2, 0.25) is 0 Å². The molecule has 33 heavy (non-hydrogen) atoms. The van der Waals surface area contributed by atoms with Gasteiger partial charge in [0, 0.05) is 32.0 Å². The monoisotopic (exact) mass is 487 g/mol. The Hall–Kier alpha value is -2.33. The minimum Gasteiger partial charge on any atom is -0.353 e. The Bertz CT molecular complexity index is 1050. The molecule has 0 fully saturated rings. The van der Waals surface area contributed by atoms with Gasteiger partial charge in [-0.2, -0.15) is 17.5 Å². The third-order valence-corrected chi connectivity index (χ3v) is 6.83. The number of carbonyl (C=O) groups is 1. The third-order valence-electron chi connectivity index (χ3n) is 5.02. The molecule has 184 valence electrons. The normalized spacial score (nSPS) is 12.7. The topological polar surface area (TPSA) is 62.6 Å². The number of halogens is 3. The first-order chi connectivity index (χ1) is 15.2. The van der Waals surface area contributed by atoms with E-state index >= 15 is 0 Å². The largest absolute Gasteiger partial charge is 0.416 e. The van der Waals surface area contributed by atoms with Crippen LogP contribution >= 0.6 is 0 Å². The number of sulfonamides is 1. The molecule has 0 bridgehead atoms. The number of rotatable bonds is 10. The van der Waals surface area contributed by atoms with Crippen LogP contribution in [0.3, 0.4) is 0 Å². The lowest BCUT2D eigenvalue weighted by Crippen LogP contribution is -2.45. The molecular weight excluding hydrogens is 455 g/mol. The van der Waals surface area contributed by atoms with Gasteiger partial charge in [-0.3, -0.25) is 4.79 Å². The number of carbonyl (C=O) groups excluding carboxylic acids is 1. The van der Waals surface area contributed by atoms with Crippen molar-refractivity contribution >= 4 is 15.9 Å². The Kier molecular flexibility index (Phi) is 8.75. The van der Waals surface area contributed by atoms with E-state index in [9.17, 15) is 26.4 Å². The van der Waals surface area contributed by atoms with Crippen molar-refractivity contribution in [2.24, 2.45) is 18.9 Å². The summed E-state index contributed by atoms with van der Waals surface area (Å²) in [5, 5.41) is 0. The summed E-state index contributed by atoms with van der Waals surface area (Å²) in [5.41, 5.74) is -0.162. The van der Waals surface area contributed by atoms with Crippen molar-refractivity contribution in [3.8, 4) is 0 Å². The van der Waals surface area contributed by atoms with Crippen molar-refractivity contribution in [1.82, 2.24) is 13.8 Å². The van der Waals surface area contributed by atoms with Crippen LogP contribution in [-0.4, -0.2) is 47.7 Å². The summed E-state index contributed by atoms with van der Waals surface area (Å²) in [5.74, 6) is -0.390. The van der Waals surface area contributed by atoms with Gasteiger partial charge in [0.2, 0.25) is 15.9 Å². The Balaban J connectivity index is 2.36. The van der Waals surface area contributed by atoms with Gasteiger partial charge in [-0.15, -0.1) is 0 Å². The van der Waals surface area contributed by atoms with Gasteiger partial charge in [0.05, 0.1) is 23.5 Å². The van der Waals surface area contributed by atoms with E-state index in [-0.39, 0.29) is 18.4 Å². The second kappa shape index (κ2) is 10.7. The maximum absolute atomic E-state index is 13.3. The Morgan fingerprint density at radius 3 is 2.18 bits per heavy atom. The Morgan fingerprint density at radius 1 is 1.03 bits per heavy atom. The van der Waals surface area contributed by atoms with Gasteiger partial charge in [0.1, 0.15) is 0 Å². The zero-order chi connectivity index (χ0) is 25.0. The smallest absolute Gasteiger partial charge is 0.353 e. The Labute approximate surface area is 194 Å². The molecule has 2 rings (SSSR count). The van der Waals surface area contributed by atoms with Crippen LogP contribution in [0.15, 0.2) is 47.5 Å². The zero-order valence-corrected chi connectivity index (χ0v) is 20.4. The number of aryl methyl sites for hydroxylation is 1. The number of aromatic nitrogens is 1. The van der Waals surface area contributed by atoms with E-state index in [1.54, 1.807) is 18.7 Å². The highest BCUT2D eigenvalue weighted by Gasteiger charge is 2.34. The van der Waals surface area contributed by atoms with Gasteiger partial charge in [-0.1, -0.05) is 33.8 Å². The quantitative estimate of drug-likeness (QED) is 0.500. The number of nitrogens with zero attached hydrogens (tertiary/aromatic N) is 3. The summed E-state index contributed by atoms with van der Waals surface area (Å²) in [6.07, 6.45) is -2.82. The van der Waals surface area contributed by atoms with Crippen LogP contribution in [0.1, 0.15) is 39.0 Å². The van der Waals surface area contributed by atoms with Gasteiger partial charge < -0.3 is 9.47 Å². The highest BCUT2D eigenvalue weighted by atomic mass is 32.2. The first-order valence-corrected chi connectivity index (χ1v) is 12.2.